The van der Waals surface area contributed by atoms with Gasteiger partial charge >= 0.3 is 0 Å². The molecule has 110 valence electrons. The summed E-state index contributed by atoms with van der Waals surface area (Å²) in [6.07, 6.45) is 0. The fourth-order valence-electron chi connectivity index (χ4n) is 2.75. The molecule has 1 atom stereocenters. The number of hydrogen-bond donors (Lipinski definition) is 2. The lowest BCUT2D eigenvalue weighted by molar-refractivity contribution is 0.562. The molecule has 0 unspecified atom stereocenters. The number of aromatic amines is 1. The maximum atomic E-state index is 12.1. The summed E-state index contributed by atoms with van der Waals surface area (Å²) in [6, 6.07) is 7.80. The molecule has 4 rings (SSSR count). The smallest absolute Gasteiger partial charge is 0.288 e. The van der Waals surface area contributed by atoms with Crippen LogP contribution in [0, 0.1) is 13.8 Å². The summed E-state index contributed by atoms with van der Waals surface area (Å²) < 4.78 is 1.67. The topological polar surface area (TPSA) is 101 Å². The van der Waals surface area contributed by atoms with Gasteiger partial charge in [-0.1, -0.05) is 34.9 Å². The minimum Gasteiger partial charge on any atom is -0.318 e. The summed E-state index contributed by atoms with van der Waals surface area (Å²) in [4.78, 5) is 12.1. The fraction of sp³-hybridized carbons (Fsp3) is 0.214. The highest BCUT2D eigenvalue weighted by Gasteiger charge is 2.32. The van der Waals surface area contributed by atoms with E-state index in [0.29, 0.717) is 11.6 Å². The summed E-state index contributed by atoms with van der Waals surface area (Å²) in [5.74, 6) is 0.439. The van der Waals surface area contributed by atoms with Crippen LogP contribution < -0.4 is 10.9 Å². The van der Waals surface area contributed by atoms with Gasteiger partial charge in [0.15, 0.2) is 0 Å². The highest BCUT2D eigenvalue weighted by atomic mass is 16.1. The molecule has 1 aliphatic rings. The molecule has 22 heavy (non-hydrogen) atoms. The molecular formula is C14H13N7O. The Morgan fingerprint density at radius 3 is 2.73 bits per heavy atom. The molecule has 8 nitrogen and oxygen atoms in total. The van der Waals surface area contributed by atoms with Gasteiger partial charge in [-0.05, 0) is 29.8 Å². The van der Waals surface area contributed by atoms with Gasteiger partial charge in [0.2, 0.25) is 5.95 Å². The van der Waals surface area contributed by atoms with Crippen molar-refractivity contribution in [2.24, 2.45) is 0 Å². The second-order valence-electron chi connectivity index (χ2n) is 5.31. The van der Waals surface area contributed by atoms with Gasteiger partial charge in [-0.2, -0.15) is 9.78 Å². The number of H-pyrrole nitrogens is 1. The Morgan fingerprint density at radius 2 is 1.95 bits per heavy atom. The third kappa shape index (κ3) is 1.73. The van der Waals surface area contributed by atoms with E-state index in [9.17, 15) is 4.79 Å². The standard InChI is InChI=1S/C14H13N7O/c1-7-3-5-9(6-4-7)12-10-8(2)16-17-13(22)11(10)15-14-18-19-20-21(12)14/h3-6,12H,1-2H3,(H,17,22)(H,15,18,20)/t12-/m0/s1. The van der Waals surface area contributed by atoms with Crippen LogP contribution in [0.2, 0.25) is 0 Å². The number of anilines is 2. The van der Waals surface area contributed by atoms with Gasteiger partial charge in [-0.15, -0.1) is 0 Å². The number of aryl methyl sites for hydroxylation is 2. The molecule has 0 spiro atoms. The van der Waals surface area contributed by atoms with Crippen molar-refractivity contribution >= 4 is 11.6 Å². The van der Waals surface area contributed by atoms with Crippen molar-refractivity contribution in [1.29, 1.82) is 0 Å². The van der Waals surface area contributed by atoms with E-state index < -0.39 is 0 Å². The van der Waals surface area contributed by atoms with Crippen molar-refractivity contribution < 1.29 is 0 Å². The van der Waals surface area contributed by atoms with E-state index in [1.165, 1.54) is 0 Å². The largest absolute Gasteiger partial charge is 0.318 e. The van der Waals surface area contributed by atoms with Gasteiger partial charge in [0.25, 0.3) is 5.56 Å². The second kappa shape index (κ2) is 4.48. The predicted octanol–water partition coefficient (Wildman–Crippen LogP) is 1.07. The van der Waals surface area contributed by atoms with Crippen molar-refractivity contribution in [1.82, 2.24) is 30.4 Å². The van der Waals surface area contributed by atoms with E-state index in [0.717, 1.165) is 22.4 Å². The Balaban J connectivity index is 2.02. The number of nitrogens with zero attached hydrogens (tertiary/aromatic N) is 5. The normalized spacial score (nSPS) is 15.8. The lowest BCUT2D eigenvalue weighted by Gasteiger charge is -2.27. The summed E-state index contributed by atoms with van der Waals surface area (Å²) >= 11 is 0. The van der Waals surface area contributed by atoms with E-state index in [2.05, 4.69) is 31.0 Å². The number of hydrogen-bond acceptors (Lipinski definition) is 6. The molecule has 1 aromatic carbocycles. The monoisotopic (exact) mass is 295 g/mol. The van der Waals surface area contributed by atoms with Crippen LogP contribution in [0.1, 0.15) is 28.4 Å². The highest BCUT2D eigenvalue weighted by molar-refractivity contribution is 5.64. The maximum absolute atomic E-state index is 12.1. The molecule has 8 heteroatoms. The SMILES string of the molecule is Cc1ccc([C@H]2c3c(C)n[nH]c(=O)c3Nc3nnnn32)cc1. The van der Waals surface area contributed by atoms with Crippen LogP contribution in [-0.2, 0) is 0 Å². The Morgan fingerprint density at radius 1 is 1.18 bits per heavy atom. The molecule has 0 fully saturated rings. The first-order valence-corrected chi connectivity index (χ1v) is 6.86. The van der Waals surface area contributed by atoms with Crippen molar-refractivity contribution in [3.8, 4) is 0 Å². The van der Waals surface area contributed by atoms with Crippen LogP contribution in [-0.4, -0.2) is 30.4 Å². The number of tetrazole rings is 1. The molecule has 2 aromatic heterocycles. The van der Waals surface area contributed by atoms with E-state index in [-0.39, 0.29) is 11.6 Å². The number of fused-ring (bicyclic) bond motifs is 2. The Kier molecular flexibility index (Phi) is 2.59. The van der Waals surface area contributed by atoms with Crippen molar-refractivity contribution in [2.45, 2.75) is 19.9 Å². The first-order chi connectivity index (χ1) is 10.6. The zero-order valence-electron chi connectivity index (χ0n) is 12.0. The fourth-order valence-corrected chi connectivity index (χ4v) is 2.75. The average Bonchev–Trinajstić information content (AvgIpc) is 2.98. The average molecular weight is 295 g/mol. The quantitative estimate of drug-likeness (QED) is 0.544. The molecule has 0 saturated heterocycles. The Hall–Kier alpha value is -3.03. The summed E-state index contributed by atoms with van der Waals surface area (Å²) in [7, 11) is 0. The van der Waals surface area contributed by atoms with Crippen LogP contribution >= 0.6 is 0 Å². The zero-order valence-corrected chi connectivity index (χ0v) is 12.0. The lowest BCUT2D eigenvalue weighted by Crippen LogP contribution is -2.29. The van der Waals surface area contributed by atoms with Crippen molar-refractivity contribution in [3.63, 3.8) is 0 Å². The van der Waals surface area contributed by atoms with Crippen LogP contribution in [0.3, 0.4) is 0 Å². The number of aromatic nitrogens is 6. The minimum atomic E-state index is -0.285. The van der Waals surface area contributed by atoms with Gasteiger partial charge in [0, 0.05) is 5.56 Å². The molecule has 0 radical (unpaired) electrons. The van der Waals surface area contributed by atoms with Crippen molar-refractivity contribution in [2.75, 3.05) is 5.32 Å². The maximum Gasteiger partial charge on any atom is 0.288 e. The molecule has 0 amide bonds. The van der Waals surface area contributed by atoms with E-state index in [1.54, 1.807) is 4.68 Å². The second-order valence-corrected chi connectivity index (χ2v) is 5.31. The summed E-state index contributed by atoms with van der Waals surface area (Å²) in [5.41, 5.74) is 3.83. The number of benzene rings is 1. The Bertz CT molecular complexity index is 910. The predicted molar refractivity (Wildman–Crippen MR) is 79.1 cm³/mol. The minimum absolute atomic E-state index is 0.281. The molecule has 0 aliphatic carbocycles. The van der Waals surface area contributed by atoms with Gasteiger partial charge in [-0.25, -0.2) is 5.10 Å². The first-order valence-electron chi connectivity index (χ1n) is 6.86. The van der Waals surface area contributed by atoms with Gasteiger partial charge in [0.05, 0.1) is 5.69 Å². The van der Waals surface area contributed by atoms with E-state index >= 15 is 0 Å². The van der Waals surface area contributed by atoms with Gasteiger partial charge < -0.3 is 5.32 Å². The first kappa shape index (κ1) is 12.7. The Labute approximate surface area is 125 Å². The van der Waals surface area contributed by atoms with Crippen LogP contribution in [0.15, 0.2) is 29.1 Å². The van der Waals surface area contributed by atoms with Crippen LogP contribution in [0.5, 0.6) is 0 Å². The molecule has 3 heterocycles. The third-order valence-corrected chi connectivity index (χ3v) is 3.85. The summed E-state index contributed by atoms with van der Waals surface area (Å²) in [6.45, 7) is 3.88. The third-order valence-electron chi connectivity index (χ3n) is 3.85. The molecule has 1 aliphatic heterocycles. The molecular weight excluding hydrogens is 282 g/mol. The molecule has 2 N–H and O–H groups in total. The summed E-state index contributed by atoms with van der Waals surface area (Å²) in [5, 5.41) is 21.3. The van der Waals surface area contributed by atoms with Gasteiger partial charge in [-0.3, -0.25) is 4.79 Å². The van der Waals surface area contributed by atoms with Crippen molar-refractivity contribution in [3.05, 3.63) is 57.0 Å². The lowest BCUT2D eigenvalue weighted by atomic mass is 9.95. The highest BCUT2D eigenvalue weighted by Crippen LogP contribution is 2.37. The van der Waals surface area contributed by atoms with Crippen LogP contribution in [0.4, 0.5) is 11.6 Å². The van der Waals surface area contributed by atoms with Gasteiger partial charge in [0.1, 0.15) is 11.7 Å². The van der Waals surface area contributed by atoms with Crippen LogP contribution in [0.25, 0.3) is 0 Å². The molecule has 0 bridgehead atoms. The zero-order chi connectivity index (χ0) is 15.3. The van der Waals surface area contributed by atoms with E-state index in [4.69, 9.17) is 0 Å². The molecule has 3 aromatic rings. The number of nitrogens with one attached hydrogen (secondary N) is 2. The molecule has 0 saturated carbocycles. The number of rotatable bonds is 1. The van der Waals surface area contributed by atoms with E-state index in [1.807, 2.05) is 38.1 Å².